The van der Waals surface area contributed by atoms with Gasteiger partial charge in [0.15, 0.2) is 0 Å². The first-order valence-corrected chi connectivity index (χ1v) is 5.60. The molecule has 86 valence electrons. The van der Waals surface area contributed by atoms with Crippen LogP contribution in [0, 0.1) is 5.41 Å². The fraction of sp³-hybridized carbons (Fsp3) is 0.909. The maximum atomic E-state index is 10.8. The van der Waals surface area contributed by atoms with Crippen molar-refractivity contribution in [2.75, 3.05) is 13.2 Å². The van der Waals surface area contributed by atoms with Gasteiger partial charge >= 0.3 is 5.97 Å². The summed E-state index contributed by atoms with van der Waals surface area (Å²) >= 11 is 0. The molecule has 0 bridgehead atoms. The molecule has 1 saturated carbocycles. The van der Waals surface area contributed by atoms with Crippen LogP contribution in [0.25, 0.3) is 0 Å². The Morgan fingerprint density at radius 2 is 1.93 bits per heavy atom. The van der Waals surface area contributed by atoms with Gasteiger partial charge in [-0.1, -0.05) is 12.8 Å². The van der Waals surface area contributed by atoms with Gasteiger partial charge in [0.1, 0.15) is 0 Å². The lowest BCUT2D eigenvalue weighted by molar-refractivity contribution is -0.183. The lowest BCUT2D eigenvalue weighted by atomic mass is 9.66. The maximum absolute atomic E-state index is 10.8. The number of hydrogen-bond acceptors (Lipinski definition) is 3. The number of aliphatic hydroxyl groups is 1. The van der Waals surface area contributed by atoms with Crippen LogP contribution in [0.5, 0.6) is 0 Å². The standard InChI is InChI=1S/C11H18O4/c12-9(13)7-11(14)5-6-15-8-10(11)3-1-2-4-10/h14H,1-8H2,(H,12,13). The lowest BCUT2D eigenvalue weighted by Gasteiger charge is -2.47. The number of carboxylic acids is 1. The number of carbonyl (C=O) groups is 1. The monoisotopic (exact) mass is 214 g/mol. The Hall–Kier alpha value is -0.610. The number of hydrogen-bond donors (Lipinski definition) is 2. The minimum Gasteiger partial charge on any atom is -0.481 e. The summed E-state index contributed by atoms with van der Waals surface area (Å²) < 4.78 is 5.43. The predicted octanol–water partition coefficient (Wildman–Crippen LogP) is 1.17. The van der Waals surface area contributed by atoms with E-state index < -0.39 is 11.6 Å². The number of carboxylic acid groups (broad SMARTS) is 1. The Morgan fingerprint density at radius 1 is 1.27 bits per heavy atom. The minimum atomic E-state index is -1.05. The Bertz CT molecular complexity index is 257. The summed E-state index contributed by atoms with van der Waals surface area (Å²) in [6.07, 6.45) is 4.26. The normalized spacial score (nSPS) is 34.5. The van der Waals surface area contributed by atoms with E-state index in [-0.39, 0.29) is 11.8 Å². The second-order valence-corrected chi connectivity index (χ2v) is 4.89. The largest absolute Gasteiger partial charge is 0.481 e. The Morgan fingerprint density at radius 3 is 2.53 bits per heavy atom. The molecule has 1 aliphatic carbocycles. The minimum absolute atomic E-state index is 0.143. The van der Waals surface area contributed by atoms with E-state index in [4.69, 9.17) is 9.84 Å². The molecule has 4 nitrogen and oxygen atoms in total. The molecule has 2 fully saturated rings. The number of aliphatic carboxylic acids is 1. The van der Waals surface area contributed by atoms with Crippen LogP contribution >= 0.6 is 0 Å². The van der Waals surface area contributed by atoms with Gasteiger partial charge in [-0.3, -0.25) is 4.79 Å². The SMILES string of the molecule is O=C(O)CC1(O)CCOCC12CCCC2. The van der Waals surface area contributed by atoms with Crippen molar-refractivity contribution in [2.24, 2.45) is 5.41 Å². The van der Waals surface area contributed by atoms with Gasteiger partial charge in [0.2, 0.25) is 0 Å². The summed E-state index contributed by atoms with van der Waals surface area (Å²) in [6.45, 7) is 1.00. The van der Waals surface area contributed by atoms with Gasteiger partial charge in [0.05, 0.1) is 18.6 Å². The van der Waals surface area contributed by atoms with E-state index in [9.17, 15) is 9.90 Å². The average molecular weight is 214 g/mol. The average Bonchev–Trinajstić information content (AvgIpc) is 2.60. The van der Waals surface area contributed by atoms with Gasteiger partial charge in [-0.2, -0.15) is 0 Å². The van der Waals surface area contributed by atoms with E-state index in [0.717, 1.165) is 25.7 Å². The van der Waals surface area contributed by atoms with Crippen molar-refractivity contribution in [2.45, 2.75) is 44.1 Å². The first-order valence-electron chi connectivity index (χ1n) is 5.60. The smallest absolute Gasteiger partial charge is 0.306 e. The van der Waals surface area contributed by atoms with E-state index in [1.165, 1.54) is 0 Å². The first-order chi connectivity index (χ1) is 7.08. The molecule has 4 heteroatoms. The molecule has 0 radical (unpaired) electrons. The zero-order valence-electron chi connectivity index (χ0n) is 8.87. The highest BCUT2D eigenvalue weighted by atomic mass is 16.5. The zero-order valence-corrected chi connectivity index (χ0v) is 8.87. The van der Waals surface area contributed by atoms with Crippen molar-refractivity contribution in [3.63, 3.8) is 0 Å². The summed E-state index contributed by atoms with van der Waals surface area (Å²) in [6, 6.07) is 0. The second-order valence-electron chi connectivity index (χ2n) is 4.89. The van der Waals surface area contributed by atoms with E-state index >= 15 is 0 Å². The summed E-state index contributed by atoms with van der Waals surface area (Å²) in [4.78, 5) is 10.8. The number of ether oxygens (including phenoxy) is 1. The molecule has 1 atom stereocenters. The molecule has 0 aromatic heterocycles. The summed E-state index contributed by atoms with van der Waals surface area (Å²) in [5, 5.41) is 19.4. The zero-order chi connectivity index (χ0) is 10.9. The summed E-state index contributed by atoms with van der Waals surface area (Å²) in [5.41, 5.74) is -1.34. The Labute approximate surface area is 89.2 Å². The molecule has 2 rings (SSSR count). The van der Waals surface area contributed by atoms with Crippen LogP contribution in [0.1, 0.15) is 38.5 Å². The van der Waals surface area contributed by atoms with Crippen LogP contribution in [0.2, 0.25) is 0 Å². The molecule has 0 aromatic rings. The van der Waals surface area contributed by atoms with Crippen molar-refractivity contribution in [1.82, 2.24) is 0 Å². The van der Waals surface area contributed by atoms with E-state index in [0.29, 0.717) is 19.6 Å². The predicted molar refractivity (Wildman–Crippen MR) is 53.5 cm³/mol. The third kappa shape index (κ3) is 1.76. The third-order valence-electron chi connectivity index (χ3n) is 4.03. The van der Waals surface area contributed by atoms with Gasteiger partial charge in [0, 0.05) is 18.4 Å². The van der Waals surface area contributed by atoms with Crippen molar-refractivity contribution in [3.05, 3.63) is 0 Å². The van der Waals surface area contributed by atoms with Crippen LogP contribution in [-0.4, -0.2) is 35.0 Å². The lowest BCUT2D eigenvalue weighted by Crippen LogP contribution is -2.54. The maximum Gasteiger partial charge on any atom is 0.306 e. The summed E-state index contributed by atoms with van der Waals surface area (Å²) in [7, 11) is 0. The molecular formula is C11H18O4. The van der Waals surface area contributed by atoms with Gasteiger partial charge in [-0.05, 0) is 12.8 Å². The van der Waals surface area contributed by atoms with Gasteiger partial charge in [0.25, 0.3) is 0 Å². The van der Waals surface area contributed by atoms with Crippen molar-refractivity contribution in [3.8, 4) is 0 Å². The second kappa shape index (κ2) is 3.76. The van der Waals surface area contributed by atoms with E-state index in [1.54, 1.807) is 0 Å². The molecule has 1 unspecified atom stereocenters. The van der Waals surface area contributed by atoms with Crippen molar-refractivity contribution < 1.29 is 19.7 Å². The molecule has 1 spiro atoms. The van der Waals surface area contributed by atoms with Crippen LogP contribution in [0.4, 0.5) is 0 Å². The first kappa shape index (κ1) is 10.9. The van der Waals surface area contributed by atoms with E-state index in [2.05, 4.69) is 0 Å². The van der Waals surface area contributed by atoms with Gasteiger partial charge in [-0.25, -0.2) is 0 Å². The molecular weight excluding hydrogens is 196 g/mol. The molecule has 15 heavy (non-hydrogen) atoms. The fourth-order valence-corrected chi connectivity index (χ4v) is 3.10. The van der Waals surface area contributed by atoms with Crippen molar-refractivity contribution in [1.29, 1.82) is 0 Å². The topological polar surface area (TPSA) is 66.8 Å². The molecule has 2 aliphatic rings. The molecule has 1 saturated heterocycles. The number of rotatable bonds is 2. The third-order valence-corrected chi connectivity index (χ3v) is 4.03. The molecule has 0 aromatic carbocycles. The highest BCUT2D eigenvalue weighted by Crippen LogP contribution is 2.51. The summed E-state index contributed by atoms with van der Waals surface area (Å²) in [5.74, 6) is -0.911. The quantitative estimate of drug-likeness (QED) is 0.724. The Kier molecular flexibility index (Phi) is 2.73. The van der Waals surface area contributed by atoms with Crippen LogP contribution in [-0.2, 0) is 9.53 Å². The fourth-order valence-electron chi connectivity index (χ4n) is 3.10. The van der Waals surface area contributed by atoms with Crippen LogP contribution in [0.15, 0.2) is 0 Å². The Balaban J connectivity index is 2.21. The van der Waals surface area contributed by atoms with Gasteiger partial charge in [-0.15, -0.1) is 0 Å². The molecule has 1 heterocycles. The molecule has 1 aliphatic heterocycles. The van der Waals surface area contributed by atoms with Crippen LogP contribution < -0.4 is 0 Å². The highest BCUT2D eigenvalue weighted by molar-refractivity contribution is 5.68. The van der Waals surface area contributed by atoms with Crippen LogP contribution in [0.3, 0.4) is 0 Å². The van der Waals surface area contributed by atoms with E-state index in [1.807, 2.05) is 0 Å². The molecule has 2 N–H and O–H groups in total. The van der Waals surface area contributed by atoms with Gasteiger partial charge < -0.3 is 14.9 Å². The molecule has 0 amide bonds. The highest BCUT2D eigenvalue weighted by Gasteiger charge is 2.54. The van der Waals surface area contributed by atoms with Crippen molar-refractivity contribution >= 4 is 5.97 Å².